The van der Waals surface area contributed by atoms with Crippen molar-refractivity contribution >= 4 is 10.0 Å². The Morgan fingerprint density at radius 1 is 1.30 bits per heavy atom. The molecule has 0 unspecified atom stereocenters. The SMILES string of the molecule is Cc1ccc(CO)cc1S(=O)(=O)N(C)CCC(F)(F)F. The lowest BCUT2D eigenvalue weighted by Gasteiger charge is -2.19. The molecule has 0 aliphatic carbocycles. The van der Waals surface area contributed by atoms with Crippen LogP contribution in [0.2, 0.25) is 0 Å². The average Bonchev–Trinajstić information content (AvgIpc) is 2.35. The van der Waals surface area contributed by atoms with Gasteiger partial charge in [-0.15, -0.1) is 0 Å². The van der Waals surface area contributed by atoms with E-state index in [0.717, 1.165) is 7.05 Å². The van der Waals surface area contributed by atoms with Crippen molar-refractivity contribution in [3.05, 3.63) is 29.3 Å². The van der Waals surface area contributed by atoms with E-state index in [1.165, 1.54) is 12.1 Å². The van der Waals surface area contributed by atoms with Gasteiger partial charge in [-0.1, -0.05) is 12.1 Å². The summed E-state index contributed by atoms with van der Waals surface area (Å²) in [5.74, 6) is 0. The number of halogens is 3. The molecule has 0 bridgehead atoms. The molecular weight excluding hydrogens is 295 g/mol. The second kappa shape index (κ2) is 6.11. The molecule has 1 rings (SSSR count). The van der Waals surface area contributed by atoms with Gasteiger partial charge in [0, 0.05) is 13.6 Å². The summed E-state index contributed by atoms with van der Waals surface area (Å²) in [7, 11) is -2.90. The van der Waals surface area contributed by atoms with E-state index in [4.69, 9.17) is 5.11 Å². The van der Waals surface area contributed by atoms with Crippen molar-refractivity contribution in [1.82, 2.24) is 4.31 Å². The summed E-state index contributed by atoms with van der Waals surface area (Å²) in [6.45, 7) is 0.565. The minimum atomic E-state index is -4.41. The number of aliphatic hydroxyl groups excluding tert-OH is 1. The van der Waals surface area contributed by atoms with Crippen LogP contribution < -0.4 is 0 Å². The summed E-state index contributed by atoms with van der Waals surface area (Å²) in [5, 5.41) is 9.01. The van der Waals surface area contributed by atoms with Gasteiger partial charge in [-0.2, -0.15) is 13.2 Å². The Hall–Kier alpha value is -1.12. The van der Waals surface area contributed by atoms with Gasteiger partial charge in [-0.3, -0.25) is 0 Å². The maximum atomic E-state index is 12.2. The van der Waals surface area contributed by atoms with Gasteiger partial charge < -0.3 is 5.11 Å². The lowest BCUT2D eigenvalue weighted by molar-refractivity contribution is -0.135. The number of benzene rings is 1. The fourth-order valence-electron chi connectivity index (χ4n) is 1.59. The van der Waals surface area contributed by atoms with E-state index in [-0.39, 0.29) is 11.5 Å². The summed E-state index contributed by atoms with van der Waals surface area (Å²) in [5.41, 5.74) is 0.805. The maximum absolute atomic E-state index is 12.2. The van der Waals surface area contributed by atoms with E-state index < -0.39 is 29.2 Å². The first-order chi connectivity index (χ1) is 9.08. The lowest BCUT2D eigenvalue weighted by atomic mass is 10.2. The van der Waals surface area contributed by atoms with Crippen LogP contribution in [0.25, 0.3) is 0 Å². The number of nitrogens with zero attached hydrogens (tertiary/aromatic N) is 1. The Labute approximate surface area is 115 Å². The summed E-state index contributed by atoms with van der Waals surface area (Å²) in [6, 6.07) is 4.34. The summed E-state index contributed by atoms with van der Waals surface area (Å²) in [6.07, 6.45) is -5.62. The van der Waals surface area contributed by atoms with Crippen molar-refractivity contribution < 1.29 is 26.7 Å². The van der Waals surface area contributed by atoms with Crippen LogP contribution in [-0.4, -0.2) is 37.6 Å². The number of hydrogen-bond donors (Lipinski definition) is 1. The minimum Gasteiger partial charge on any atom is -0.392 e. The van der Waals surface area contributed by atoms with Crippen LogP contribution in [0.1, 0.15) is 17.5 Å². The third-order valence-corrected chi connectivity index (χ3v) is 4.83. The molecule has 114 valence electrons. The summed E-state index contributed by atoms with van der Waals surface area (Å²) in [4.78, 5) is -0.0891. The first kappa shape index (κ1) is 16.9. The van der Waals surface area contributed by atoms with E-state index in [2.05, 4.69) is 0 Å². The second-order valence-corrected chi connectivity index (χ2v) is 6.46. The fourth-order valence-corrected chi connectivity index (χ4v) is 3.04. The standard InChI is InChI=1S/C12H16F3NO3S/c1-9-3-4-10(8-17)7-11(9)20(18,19)16(2)6-5-12(13,14)15/h3-4,7,17H,5-6,8H2,1-2H3. The first-order valence-corrected chi connectivity index (χ1v) is 7.25. The minimum absolute atomic E-state index is 0.0891. The number of alkyl halides is 3. The molecule has 0 saturated heterocycles. The van der Waals surface area contributed by atoms with Gasteiger partial charge in [-0.25, -0.2) is 12.7 Å². The maximum Gasteiger partial charge on any atom is 0.390 e. The number of hydrogen-bond acceptors (Lipinski definition) is 3. The molecule has 20 heavy (non-hydrogen) atoms. The molecule has 8 heteroatoms. The average molecular weight is 311 g/mol. The van der Waals surface area contributed by atoms with Gasteiger partial charge in [0.2, 0.25) is 10.0 Å². The van der Waals surface area contributed by atoms with Crippen LogP contribution in [-0.2, 0) is 16.6 Å². The van der Waals surface area contributed by atoms with Gasteiger partial charge in [-0.05, 0) is 24.1 Å². The van der Waals surface area contributed by atoms with Crippen molar-refractivity contribution in [2.45, 2.75) is 31.0 Å². The molecule has 0 heterocycles. The molecule has 0 aliphatic rings. The molecular formula is C12H16F3NO3S. The van der Waals surface area contributed by atoms with E-state index in [1.54, 1.807) is 13.0 Å². The highest BCUT2D eigenvalue weighted by atomic mass is 32.2. The van der Waals surface area contributed by atoms with Crippen LogP contribution in [0.4, 0.5) is 13.2 Å². The van der Waals surface area contributed by atoms with E-state index >= 15 is 0 Å². The van der Waals surface area contributed by atoms with Crippen LogP contribution in [0, 0.1) is 6.92 Å². The molecule has 0 radical (unpaired) electrons. The normalized spacial score (nSPS) is 12.9. The topological polar surface area (TPSA) is 57.6 Å². The Balaban J connectivity index is 3.04. The van der Waals surface area contributed by atoms with Crippen LogP contribution >= 0.6 is 0 Å². The van der Waals surface area contributed by atoms with E-state index in [9.17, 15) is 21.6 Å². The fraction of sp³-hybridized carbons (Fsp3) is 0.500. The van der Waals surface area contributed by atoms with Crippen molar-refractivity contribution in [2.75, 3.05) is 13.6 Å². The molecule has 1 aromatic carbocycles. The Bertz CT molecular complexity index is 570. The van der Waals surface area contributed by atoms with Gasteiger partial charge >= 0.3 is 6.18 Å². The number of rotatable bonds is 5. The monoisotopic (exact) mass is 311 g/mol. The molecule has 4 nitrogen and oxygen atoms in total. The molecule has 0 amide bonds. The van der Waals surface area contributed by atoms with Crippen molar-refractivity contribution in [1.29, 1.82) is 0 Å². The summed E-state index contributed by atoms with van der Waals surface area (Å²) >= 11 is 0. The third-order valence-electron chi connectivity index (χ3n) is 2.83. The quantitative estimate of drug-likeness (QED) is 0.905. The molecule has 0 aromatic heterocycles. The zero-order chi connectivity index (χ0) is 15.6. The zero-order valence-electron chi connectivity index (χ0n) is 11.1. The number of aryl methyl sites for hydroxylation is 1. The number of sulfonamides is 1. The molecule has 1 N–H and O–H groups in total. The highest BCUT2D eigenvalue weighted by molar-refractivity contribution is 7.89. The van der Waals surface area contributed by atoms with Gasteiger partial charge in [0.25, 0.3) is 0 Å². The van der Waals surface area contributed by atoms with Crippen molar-refractivity contribution in [3.63, 3.8) is 0 Å². The highest BCUT2D eigenvalue weighted by Crippen LogP contribution is 2.24. The molecule has 0 fully saturated rings. The molecule has 0 atom stereocenters. The lowest BCUT2D eigenvalue weighted by Crippen LogP contribution is -2.31. The predicted octanol–water partition coefficient (Wildman–Crippen LogP) is 2.06. The summed E-state index contributed by atoms with van der Waals surface area (Å²) < 4.78 is 61.6. The van der Waals surface area contributed by atoms with Crippen LogP contribution in [0.15, 0.2) is 23.1 Å². The van der Waals surface area contributed by atoms with Crippen LogP contribution in [0.3, 0.4) is 0 Å². The van der Waals surface area contributed by atoms with Crippen LogP contribution in [0.5, 0.6) is 0 Å². The van der Waals surface area contributed by atoms with Gasteiger partial charge in [0.1, 0.15) is 0 Å². The molecule has 0 spiro atoms. The zero-order valence-corrected chi connectivity index (χ0v) is 11.9. The van der Waals surface area contributed by atoms with Gasteiger partial charge in [0.15, 0.2) is 0 Å². The predicted molar refractivity (Wildman–Crippen MR) is 67.6 cm³/mol. The van der Waals surface area contributed by atoms with E-state index in [0.29, 0.717) is 15.4 Å². The molecule has 0 saturated carbocycles. The highest BCUT2D eigenvalue weighted by Gasteiger charge is 2.31. The largest absolute Gasteiger partial charge is 0.392 e. The number of aliphatic hydroxyl groups is 1. The Kier molecular flexibility index (Phi) is 5.17. The third kappa shape index (κ3) is 4.19. The molecule has 1 aromatic rings. The van der Waals surface area contributed by atoms with Crippen molar-refractivity contribution in [3.8, 4) is 0 Å². The first-order valence-electron chi connectivity index (χ1n) is 5.81. The van der Waals surface area contributed by atoms with Gasteiger partial charge in [0.05, 0.1) is 17.9 Å². The second-order valence-electron chi connectivity index (χ2n) is 4.45. The van der Waals surface area contributed by atoms with Crippen molar-refractivity contribution in [2.24, 2.45) is 0 Å². The Morgan fingerprint density at radius 2 is 1.90 bits per heavy atom. The molecule has 0 aliphatic heterocycles. The smallest absolute Gasteiger partial charge is 0.390 e. The van der Waals surface area contributed by atoms with E-state index in [1.807, 2.05) is 0 Å². The Morgan fingerprint density at radius 3 is 2.40 bits per heavy atom.